The van der Waals surface area contributed by atoms with Crippen molar-refractivity contribution in [2.45, 2.75) is 12.7 Å². The van der Waals surface area contributed by atoms with Crippen molar-refractivity contribution >= 4 is 56.1 Å². The topological polar surface area (TPSA) is 94.3 Å². The third-order valence-corrected chi connectivity index (χ3v) is 7.43. The molecule has 0 bridgehead atoms. The van der Waals surface area contributed by atoms with Crippen molar-refractivity contribution in [3.63, 3.8) is 0 Å². The number of hydrogen-bond donors (Lipinski definition) is 1. The van der Waals surface area contributed by atoms with E-state index in [1.807, 2.05) is 30.6 Å². The summed E-state index contributed by atoms with van der Waals surface area (Å²) in [6, 6.07) is 12.4. The van der Waals surface area contributed by atoms with Crippen LogP contribution in [0.4, 0.5) is 19.1 Å². The van der Waals surface area contributed by atoms with Crippen molar-refractivity contribution in [2.75, 3.05) is 32.6 Å². The Morgan fingerprint density at radius 2 is 1.82 bits per heavy atom. The van der Waals surface area contributed by atoms with Crippen LogP contribution >= 0.6 is 22.9 Å². The zero-order chi connectivity index (χ0) is 28.8. The number of anilines is 1. The van der Waals surface area contributed by atoms with Gasteiger partial charge in [0.1, 0.15) is 4.70 Å². The summed E-state index contributed by atoms with van der Waals surface area (Å²) in [7, 11) is 5.50. The first-order valence-corrected chi connectivity index (χ1v) is 13.1. The Bertz CT molecular complexity index is 1790. The molecule has 0 amide bonds. The predicted molar refractivity (Wildman–Crippen MR) is 149 cm³/mol. The van der Waals surface area contributed by atoms with E-state index in [9.17, 15) is 22.8 Å². The highest BCUT2D eigenvalue weighted by Crippen LogP contribution is 2.34. The van der Waals surface area contributed by atoms with E-state index in [0.29, 0.717) is 34.5 Å². The first kappa shape index (κ1) is 27.6. The van der Waals surface area contributed by atoms with Gasteiger partial charge in [0.25, 0.3) is 5.56 Å². The van der Waals surface area contributed by atoms with Crippen molar-refractivity contribution < 1.29 is 22.7 Å². The van der Waals surface area contributed by atoms with Crippen molar-refractivity contribution in [3.05, 3.63) is 63.9 Å². The highest BCUT2D eigenvalue weighted by Gasteiger charge is 2.42. The highest BCUT2D eigenvalue weighted by atomic mass is 35.5. The molecule has 5 rings (SSSR count). The number of carbonyl (C=O) groups is 1. The van der Waals surface area contributed by atoms with E-state index in [0.717, 1.165) is 27.0 Å². The minimum absolute atomic E-state index is 0.0912. The van der Waals surface area contributed by atoms with Gasteiger partial charge in [-0.1, -0.05) is 23.7 Å². The number of thiophene rings is 1. The molecule has 40 heavy (non-hydrogen) atoms. The number of ether oxygens (including phenoxy) is 1. The molecule has 3 heterocycles. The number of imidazole rings is 1. The molecule has 14 heteroatoms. The quantitative estimate of drug-likeness (QED) is 0.270. The summed E-state index contributed by atoms with van der Waals surface area (Å²) in [5.41, 5.74) is 1.51. The third-order valence-electron chi connectivity index (χ3n) is 6.02. The molecule has 0 aliphatic rings. The van der Waals surface area contributed by atoms with Gasteiger partial charge in [0.2, 0.25) is 5.95 Å². The summed E-state index contributed by atoms with van der Waals surface area (Å²) in [5, 5.41) is 3.61. The average molecular weight is 591 g/mol. The summed E-state index contributed by atoms with van der Waals surface area (Å²) in [5.74, 6) is -1.84. The Morgan fingerprint density at radius 1 is 1.10 bits per heavy atom. The number of likely N-dealkylation sites (N-methyl/N-ethyl adjacent to an activating group) is 1. The lowest BCUT2D eigenvalue weighted by Gasteiger charge is -2.15. The van der Waals surface area contributed by atoms with E-state index in [-0.39, 0.29) is 15.9 Å². The van der Waals surface area contributed by atoms with Gasteiger partial charge in [-0.2, -0.15) is 18.2 Å². The number of rotatable bonds is 7. The second-order valence-corrected chi connectivity index (χ2v) is 10.5. The fourth-order valence-electron chi connectivity index (χ4n) is 4.18. The molecule has 0 atom stereocenters. The van der Waals surface area contributed by atoms with Gasteiger partial charge in [-0.15, -0.1) is 11.3 Å². The van der Waals surface area contributed by atoms with Crippen LogP contribution < -0.4 is 20.5 Å². The summed E-state index contributed by atoms with van der Waals surface area (Å²) in [6.07, 6.45) is -5.29. The van der Waals surface area contributed by atoms with Crippen LogP contribution in [0.15, 0.2) is 53.3 Å². The van der Waals surface area contributed by atoms with Crippen LogP contribution in [0.25, 0.3) is 37.4 Å². The molecule has 0 aliphatic carbocycles. The largest absolute Gasteiger partial charge is 0.491 e. The van der Waals surface area contributed by atoms with Gasteiger partial charge in [-0.25, -0.2) is 14.3 Å². The van der Waals surface area contributed by atoms with E-state index in [1.54, 1.807) is 48.5 Å². The maximum Gasteiger partial charge on any atom is 0.491 e. The SMILES string of the molecule is CNCCn1c(N(C)C)nc2cc(-n3c(OC(=O)C(F)(F)F)nc4cc(-c5ccc(Cl)cc5)sc4c3=O)ccc21. The number of alkyl halides is 3. The third kappa shape index (κ3) is 5.15. The normalized spacial score (nSPS) is 11.9. The number of nitrogens with one attached hydrogen (secondary N) is 1. The molecule has 3 aromatic heterocycles. The van der Waals surface area contributed by atoms with Crippen molar-refractivity contribution in [1.29, 1.82) is 0 Å². The van der Waals surface area contributed by atoms with Crippen LogP contribution in [-0.4, -0.2) is 58.9 Å². The number of halogens is 4. The highest BCUT2D eigenvalue weighted by molar-refractivity contribution is 7.22. The number of nitrogens with zero attached hydrogens (tertiary/aromatic N) is 5. The van der Waals surface area contributed by atoms with Crippen LogP contribution in [0.5, 0.6) is 6.01 Å². The number of hydrogen-bond acceptors (Lipinski definition) is 8. The number of esters is 1. The van der Waals surface area contributed by atoms with Gasteiger partial charge in [0.05, 0.1) is 22.2 Å². The molecule has 9 nitrogen and oxygen atoms in total. The first-order chi connectivity index (χ1) is 19.0. The van der Waals surface area contributed by atoms with Gasteiger partial charge in [0, 0.05) is 37.1 Å². The average Bonchev–Trinajstić information content (AvgIpc) is 3.49. The lowest BCUT2D eigenvalue weighted by atomic mass is 10.2. The van der Waals surface area contributed by atoms with E-state index in [4.69, 9.17) is 11.6 Å². The second-order valence-electron chi connectivity index (χ2n) is 8.99. The van der Waals surface area contributed by atoms with Crippen LogP contribution in [0.3, 0.4) is 0 Å². The molecular formula is C26H22ClF3N6O3S. The van der Waals surface area contributed by atoms with Crippen LogP contribution in [0.2, 0.25) is 5.02 Å². The van der Waals surface area contributed by atoms with Gasteiger partial charge < -0.3 is 19.5 Å². The summed E-state index contributed by atoms with van der Waals surface area (Å²) >= 11 is 7.09. The zero-order valence-corrected chi connectivity index (χ0v) is 23.0. The molecular weight excluding hydrogens is 569 g/mol. The van der Waals surface area contributed by atoms with Crippen LogP contribution in [-0.2, 0) is 11.3 Å². The Morgan fingerprint density at radius 3 is 2.48 bits per heavy atom. The molecule has 0 saturated carbocycles. The minimum atomic E-state index is -5.29. The van der Waals surface area contributed by atoms with Gasteiger partial charge in [-0.05, 0) is 49.0 Å². The van der Waals surface area contributed by atoms with E-state index < -0.39 is 23.7 Å². The summed E-state index contributed by atoms with van der Waals surface area (Å²) in [6.45, 7) is 1.27. The molecule has 0 fully saturated rings. The van der Waals surface area contributed by atoms with Crippen molar-refractivity contribution in [2.24, 2.45) is 0 Å². The Labute approximate surface area is 234 Å². The second kappa shape index (κ2) is 10.6. The van der Waals surface area contributed by atoms with Gasteiger partial charge in [-0.3, -0.25) is 4.79 Å². The molecule has 0 saturated heterocycles. The van der Waals surface area contributed by atoms with E-state index >= 15 is 0 Å². The van der Waals surface area contributed by atoms with Crippen molar-refractivity contribution in [1.82, 2.24) is 24.4 Å². The van der Waals surface area contributed by atoms with Crippen LogP contribution in [0, 0.1) is 0 Å². The molecule has 208 valence electrons. The lowest BCUT2D eigenvalue weighted by molar-refractivity contribution is -0.190. The molecule has 0 spiro atoms. The number of carbonyl (C=O) groups excluding carboxylic acids is 1. The maximum atomic E-state index is 13.7. The fourth-order valence-corrected chi connectivity index (χ4v) is 5.34. The molecule has 2 aromatic carbocycles. The predicted octanol–water partition coefficient (Wildman–Crippen LogP) is 4.87. The maximum absolute atomic E-state index is 13.7. The van der Waals surface area contributed by atoms with E-state index in [2.05, 4.69) is 20.0 Å². The number of fused-ring (bicyclic) bond motifs is 2. The molecule has 0 aliphatic heterocycles. The summed E-state index contributed by atoms with van der Waals surface area (Å²) in [4.78, 5) is 36.8. The fraction of sp³-hybridized carbons (Fsp3) is 0.231. The van der Waals surface area contributed by atoms with E-state index in [1.165, 1.54) is 0 Å². The number of benzene rings is 2. The standard InChI is InChI=1S/C26H22ClF3N6O3S/c1-31-10-11-35-19-9-8-16(12-17(19)32-24(35)34(2)3)36-22(37)21-18(33-25(36)39-23(38)26(28,29)30)13-20(40-21)14-4-6-15(27)7-5-14/h4-9,12-13,31H,10-11H2,1-3H3. The molecule has 0 unspecified atom stereocenters. The zero-order valence-electron chi connectivity index (χ0n) is 21.4. The smallest absolute Gasteiger partial charge is 0.385 e. The first-order valence-electron chi connectivity index (χ1n) is 11.9. The van der Waals surface area contributed by atoms with Crippen molar-refractivity contribution in [3.8, 4) is 22.1 Å². The number of aromatic nitrogens is 4. The Balaban J connectivity index is 1.71. The molecule has 0 radical (unpaired) electrons. The van der Waals surface area contributed by atoms with Gasteiger partial charge in [0.15, 0.2) is 0 Å². The molecule has 5 aromatic rings. The Kier molecular flexibility index (Phi) is 7.29. The summed E-state index contributed by atoms with van der Waals surface area (Å²) < 4.78 is 47.1. The minimum Gasteiger partial charge on any atom is -0.385 e. The van der Waals surface area contributed by atoms with Gasteiger partial charge >= 0.3 is 18.2 Å². The van der Waals surface area contributed by atoms with Crippen LogP contribution in [0.1, 0.15) is 0 Å². The monoisotopic (exact) mass is 590 g/mol. The Hall–Kier alpha value is -3.94. The molecule has 1 N–H and O–H groups in total. The lowest BCUT2D eigenvalue weighted by Crippen LogP contribution is -2.31.